The van der Waals surface area contributed by atoms with Crippen LogP contribution in [0.5, 0.6) is 0 Å². The number of ketones is 1. The van der Waals surface area contributed by atoms with Crippen LogP contribution in [0.15, 0.2) is 0 Å². The summed E-state index contributed by atoms with van der Waals surface area (Å²) in [5.74, 6) is 0.181. The molecule has 0 aliphatic rings. The molecular formula is C42H84O5. The van der Waals surface area contributed by atoms with Crippen LogP contribution in [0.3, 0.4) is 0 Å². The molecule has 0 aromatic heterocycles. The number of aliphatic hydroxyl groups excluding tert-OH is 4. The summed E-state index contributed by atoms with van der Waals surface area (Å²) in [4.78, 5) is 12.4. The summed E-state index contributed by atoms with van der Waals surface area (Å²) in [6.07, 6.45) is 34.3. The van der Waals surface area contributed by atoms with Crippen molar-refractivity contribution < 1.29 is 25.2 Å². The number of Topliss-reactive ketones (excluding diaryl/α,β-unsaturated/α-hetero) is 1. The minimum atomic E-state index is -1.43. The summed E-state index contributed by atoms with van der Waals surface area (Å²) < 4.78 is 0. The predicted molar refractivity (Wildman–Crippen MR) is 202 cm³/mol. The highest BCUT2D eigenvalue weighted by Crippen LogP contribution is 2.18. The highest BCUT2D eigenvalue weighted by molar-refractivity contribution is 5.86. The lowest BCUT2D eigenvalue weighted by Gasteiger charge is -2.21. The van der Waals surface area contributed by atoms with Gasteiger partial charge in [-0.05, 0) is 18.8 Å². The first-order chi connectivity index (χ1) is 22.8. The molecule has 5 heteroatoms. The smallest absolute Gasteiger partial charge is 0.189 e. The fourth-order valence-electron chi connectivity index (χ4n) is 6.80. The topological polar surface area (TPSA) is 98.0 Å². The van der Waals surface area contributed by atoms with E-state index in [0.717, 1.165) is 44.4 Å². The molecule has 0 rings (SSSR count). The summed E-state index contributed by atoms with van der Waals surface area (Å²) in [7, 11) is 0. The molecule has 4 N–H and O–H groups in total. The minimum Gasteiger partial charge on any atom is -0.390 e. The van der Waals surface area contributed by atoms with Crippen molar-refractivity contribution in [3.05, 3.63) is 0 Å². The fraction of sp³-hybridized carbons (Fsp3) is 0.976. The van der Waals surface area contributed by atoms with Gasteiger partial charge in [0, 0.05) is 6.42 Å². The van der Waals surface area contributed by atoms with Crippen LogP contribution in [-0.2, 0) is 4.79 Å². The number of carbonyl (C=O) groups excluding carboxylic acids is 1. The van der Waals surface area contributed by atoms with Gasteiger partial charge in [0.1, 0.15) is 12.2 Å². The van der Waals surface area contributed by atoms with Crippen molar-refractivity contribution in [3.8, 4) is 0 Å². The van der Waals surface area contributed by atoms with Crippen molar-refractivity contribution in [1.82, 2.24) is 0 Å². The van der Waals surface area contributed by atoms with Gasteiger partial charge in [0.15, 0.2) is 5.78 Å². The minimum absolute atomic E-state index is 0.215. The second kappa shape index (κ2) is 35.3. The Morgan fingerprint density at radius 2 is 0.681 bits per heavy atom. The number of carbonyl (C=O) groups is 1. The molecule has 0 radical (unpaired) electrons. The third-order valence-electron chi connectivity index (χ3n) is 10.2. The van der Waals surface area contributed by atoms with Crippen molar-refractivity contribution >= 4 is 5.78 Å². The Morgan fingerprint density at radius 1 is 0.383 bits per heavy atom. The van der Waals surface area contributed by atoms with Crippen LogP contribution in [-0.4, -0.2) is 50.6 Å². The molecule has 0 saturated carbocycles. The molecule has 4 atom stereocenters. The Bertz CT molecular complexity index is 639. The van der Waals surface area contributed by atoms with Crippen molar-refractivity contribution in [1.29, 1.82) is 0 Å². The predicted octanol–water partition coefficient (Wildman–Crippen LogP) is 11.5. The van der Waals surface area contributed by atoms with Gasteiger partial charge in [-0.25, -0.2) is 0 Å². The Hall–Kier alpha value is -0.490. The molecule has 0 heterocycles. The highest BCUT2D eigenvalue weighted by Gasteiger charge is 2.28. The lowest BCUT2D eigenvalue weighted by Crippen LogP contribution is -2.38. The van der Waals surface area contributed by atoms with Gasteiger partial charge >= 0.3 is 0 Å². The van der Waals surface area contributed by atoms with Crippen LogP contribution in [0, 0.1) is 5.92 Å². The van der Waals surface area contributed by atoms with E-state index >= 15 is 0 Å². The van der Waals surface area contributed by atoms with Gasteiger partial charge in [0.2, 0.25) is 0 Å². The average Bonchev–Trinajstić information content (AvgIpc) is 3.05. The van der Waals surface area contributed by atoms with E-state index in [-0.39, 0.29) is 6.42 Å². The van der Waals surface area contributed by atoms with E-state index in [1.807, 2.05) is 0 Å². The molecular weight excluding hydrogens is 584 g/mol. The SMILES string of the molecule is CCCCCCCCCCCCCCCCCCCCCCC(O)C(=O)[C@H](O)CC(O)C(O)CCCCCCCCCCCC(C)C. The van der Waals surface area contributed by atoms with Crippen LogP contribution in [0.25, 0.3) is 0 Å². The zero-order chi connectivity index (χ0) is 34.8. The third kappa shape index (κ3) is 32.5. The van der Waals surface area contributed by atoms with E-state index in [1.54, 1.807) is 0 Å². The number of unbranched alkanes of at least 4 members (excludes halogenated alkanes) is 27. The molecule has 3 unspecified atom stereocenters. The fourth-order valence-corrected chi connectivity index (χ4v) is 6.80. The van der Waals surface area contributed by atoms with Crippen molar-refractivity contribution in [2.75, 3.05) is 0 Å². The van der Waals surface area contributed by atoms with Crippen molar-refractivity contribution in [2.24, 2.45) is 5.92 Å². The maximum absolute atomic E-state index is 12.4. The van der Waals surface area contributed by atoms with E-state index < -0.39 is 30.2 Å². The van der Waals surface area contributed by atoms with E-state index in [4.69, 9.17) is 0 Å². The van der Waals surface area contributed by atoms with E-state index in [2.05, 4.69) is 20.8 Å². The zero-order valence-corrected chi connectivity index (χ0v) is 31.9. The molecule has 0 fully saturated rings. The van der Waals surface area contributed by atoms with Crippen LogP contribution in [0.4, 0.5) is 0 Å². The van der Waals surface area contributed by atoms with Gasteiger partial charge in [0.05, 0.1) is 12.2 Å². The monoisotopic (exact) mass is 669 g/mol. The largest absolute Gasteiger partial charge is 0.390 e. The van der Waals surface area contributed by atoms with Crippen molar-refractivity contribution in [2.45, 2.75) is 257 Å². The summed E-state index contributed by atoms with van der Waals surface area (Å²) in [6.45, 7) is 6.85. The highest BCUT2D eigenvalue weighted by atomic mass is 16.3. The Kier molecular flexibility index (Phi) is 35.0. The first-order valence-electron chi connectivity index (χ1n) is 21.1. The van der Waals surface area contributed by atoms with Gasteiger partial charge in [-0.2, -0.15) is 0 Å². The van der Waals surface area contributed by atoms with E-state index in [1.165, 1.54) is 154 Å². The van der Waals surface area contributed by atoms with Gasteiger partial charge in [-0.1, -0.05) is 213 Å². The summed E-state index contributed by atoms with van der Waals surface area (Å²) in [5, 5.41) is 41.1. The lowest BCUT2D eigenvalue weighted by atomic mass is 9.95. The Labute approximate surface area is 293 Å². The summed E-state index contributed by atoms with van der Waals surface area (Å²) in [6, 6.07) is 0. The van der Waals surface area contributed by atoms with Gasteiger partial charge in [-0.15, -0.1) is 0 Å². The van der Waals surface area contributed by atoms with Crippen LogP contribution in [0.2, 0.25) is 0 Å². The van der Waals surface area contributed by atoms with Crippen molar-refractivity contribution in [3.63, 3.8) is 0 Å². The normalized spacial score (nSPS) is 14.5. The third-order valence-corrected chi connectivity index (χ3v) is 10.2. The molecule has 47 heavy (non-hydrogen) atoms. The molecule has 282 valence electrons. The molecule has 5 nitrogen and oxygen atoms in total. The first kappa shape index (κ1) is 46.5. The number of aliphatic hydroxyl groups is 4. The van der Waals surface area contributed by atoms with E-state index in [0.29, 0.717) is 12.8 Å². The molecule has 0 aromatic carbocycles. The zero-order valence-electron chi connectivity index (χ0n) is 31.9. The number of rotatable bonds is 38. The second-order valence-electron chi connectivity index (χ2n) is 15.5. The summed E-state index contributed by atoms with van der Waals surface area (Å²) in [5.41, 5.74) is 0. The molecule has 0 aliphatic heterocycles. The van der Waals surface area contributed by atoms with Gasteiger partial charge < -0.3 is 20.4 Å². The molecule has 0 aromatic rings. The standard InChI is InChI=1S/C42H84O5/c1-4-5-6-7-8-9-10-11-12-13-14-15-16-17-18-19-22-26-29-32-35-39(44)42(47)41(46)36-40(45)38(43)34-31-28-25-23-20-21-24-27-30-33-37(2)3/h37-41,43-46H,4-36H2,1-3H3/t38?,39?,40?,41-/m1/s1. The summed E-state index contributed by atoms with van der Waals surface area (Å²) >= 11 is 0. The number of hydrogen-bond donors (Lipinski definition) is 4. The molecule has 0 aliphatic carbocycles. The second-order valence-corrected chi connectivity index (χ2v) is 15.5. The lowest BCUT2D eigenvalue weighted by molar-refractivity contribution is -0.138. The number of hydrogen-bond acceptors (Lipinski definition) is 5. The van der Waals surface area contributed by atoms with Gasteiger partial charge in [-0.3, -0.25) is 4.79 Å². The molecule has 0 saturated heterocycles. The first-order valence-corrected chi connectivity index (χ1v) is 21.1. The van der Waals surface area contributed by atoms with Crippen LogP contribution in [0.1, 0.15) is 233 Å². The van der Waals surface area contributed by atoms with Gasteiger partial charge in [0.25, 0.3) is 0 Å². The van der Waals surface area contributed by atoms with Crippen LogP contribution >= 0.6 is 0 Å². The van der Waals surface area contributed by atoms with Crippen LogP contribution < -0.4 is 0 Å². The maximum atomic E-state index is 12.4. The van der Waals surface area contributed by atoms with E-state index in [9.17, 15) is 25.2 Å². The molecule has 0 bridgehead atoms. The quantitative estimate of drug-likeness (QED) is 0.0491. The molecule has 0 amide bonds. The average molecular weight is 669 g/mol. The Balaban J connectivity index is 3.59. The Morgan fingerprint density at radius 3 is 1.02 bits per heavy atom. The molecule has 0 spiro atoms. The maximum Gasteiger partial charge on any atom is 0.189 e.